The molecule has 0 aromatic heterocycles. The van der Waals surface area contributed by atoms with Gasteiger partial charge in [-0.15, -0.1) is 0 Å². The molecule has 2 heteroatoms. The first-order valence-electron chi connectivity index (χ1n) is 6.65. The molecule has 1 saturated carbocycles. The van der Waals surface area contributed by atoms with E-state index in [1.165, 1.54) is 5.56 Å². The highest BCUT2D eigenvalue weighted by Crippen LogP contribution is 2.68. The van der Waals surface area contributed by atoms with Crippen LogP contribution in [-0.2, 0) is 9.53 Å². The zero-order valence-electron chi connectivity index (χ0n) is 11.7. The van der Waals surface area contributed by atoms with E-state index in [9.17, 15) is 4.79 Å². The molecule has 1 aliphatic rings. The van der Waals surface area contributed by atoms with Crippen molar-refractivity contribution in [3.8, 4) is 0 Å². The number of carbonyl (C=O) groups excluding carboxylic acids is 1. The maximum Gasteiger partial charge on any atom is 0.313 e. The van der Waals surface area contributed by atoms with Crippen LogP contribution in [0.3, 0.4) is 0 Å². The fourth-order valence-electron chi connectivity index (χ4n) is 2.97. The average Bonchev–Trinajstić information content (AvgIpc) is 3.06. The zero-order chi connectivity index (χ0) is 13.4. The highest BCUT2D eigenvalue weighted by Gasteiger charge is 2.67. The van der Waals surface area contributed by atoms with Crippen LogP contribution in [0.25, 0.3) is 0 Å². The Morgan fingerprint density at radius 3 is 2.44 bits per heavy atom. The monoisotopic (exact) mass is 246 g/mol. The number of hydrogen-bond donors (Lipinski definition) is 0. The van der Waals surface area contributed by atoms with Crippen molar-refractivity contribution in [3.05, 3.63) is 35.9 Å². The van der Waals surface area contributed by atoms with Gasteiger partial charge in [0.15, 0.2) is 0 Å². The fourth-order valence-corrected chi connectivity index (χ4v) is 2.97. The Hall–Kier alpha value is -1.31. The first-order valence-corrected chi connectivity index (χ1v) is 6.65. The highest BCUT2D eigenvalue weighted by molar-refractivity contribution is 5.83. The van der Waals surface area contributed by atoms with Crippen LogP contribution >= 0.6 is 0 Å². The minimum absolute atomic E-state index is 0.0358. The van der Waals surface area contributed by atoms with Crippen molar-refractivity contribution in [2.75, 3.05) is 6.61 Å². The molecule has 0 radical (unpaired) electrons. The molecule has 2 rings (SSSR count). The molecule has 0 N–H and O–H groups in total. The van der Waals surface area contributed by atoms with E-state index < -0.39 is 0 Å². The third-order valence-electron chi connectivity index (χ3n) is 4.14. The molecule has 0 bridgehead atoms. The smallest absolute Gasteiger partial charge is 0.313 e. The first-order chi connectivity index (χ1) is 8.43. The summed E-state index contributed by atoms with van der Waals surface area (Å²) in [5.74, 6) is 0.268. The standard InChI is InChI=1S/C16H22O2/c1-5-18-14(17)16(15(2,3)4)11-13(16)12-9-7-6-8-10-12/h6-10,13H,5,11H2,1-4H3/t13-,16-/m1/s1. The summed E-state index contributed by atoms with van der Waals surface area (Å²) in [5, 5.41) is 0. The van der Waals surface area contributed by atoms with Crippen molar-refractivity contribution < 1.29 is 9.53 Å². The molecule has 1 aliphatic carbocycles. The van der Waals surface area contributed by atoms with Gasteiger partial charge in [-0.2, -0.15) is 0 Å². The SMILES string of the molecule is CCOC(=O)[C@@]1(C(C)(C)C)C[C@@H]1c1ccccc1. The molecule has 1 aromatic rings. The van der Waals surface area contributed by atoms with Crippen LogP contribution in [0.2, 0.25) is 0 Å². The predicted molar refractivity (Wildman–Crippen MR) is 72.3 cm³/mol. The van der Waals surface area contributed by atoms with Crippen molar-refractivity contribution in [2.24, 2.45) is 10.8 Å². The minimum atomic E-state index is -0.343. The summed E-state index contributed by atoms with van der Waals surface area (Å²) in [6.07, 6.45) is 0.902. The van der Waals surface area contributed by atoms with Gasteiger partial charge in [-0.1, -0.05) is 51.1 Å². The van der Waals surface area contributed by atoms with Crippen LogP contribution < -0.4 is 0 Å². The summed E-state index contributed by atoms with van der Waals surface area (Å²) < 4.78 is 5.31. The van der Waals surface area contributed by atoms with Crippen molar-refractivity contribution >= 4 is 5.97 Å². The summed E-state index contributed by atoms with van der Waals surface area (Å²) in [6.45, 7) is 8.72. The average molecular weight is 246 g/mol. The van der Waals surface area contributed by atoms with E-state index in [1.54, 1.807) is 0 Å². The predicted octanol–water partition coefficient (Wildman–Crippen LogP) is 3.77. The molecule has 18 heavy (non-hydrogen) atoms. The summed E-state index contributed by atoms with van der Waals surface area (Å²) in [7, 11) is 0. The van der Waals surface area contributed by atoms with E-state index in [1.807, 2.05) is 25.1 Å². The first kappa shape index (κ1) is 13.1. The van der Waals surface area contributed by atoms with E-state index in [4.69, 9.17) is 4.74 Å². The molecule has 1 fully saturated rings. The molecule has 0 heterocycles. The summed E-state index contributed by atoms with van der Waals surface area (Å²) >= 11 is 0. The normalized spacial score (nSPS) is 26.8. The molecule has 0 spiro atoms. The third kappa shape index (κ3) is 1.94. The molecular weight excluding hydrogens is 224 g/mol. The van der Waals surface area contributed by atoms with Crippen molar-refractivity contribution in [2.45, 2.75) is 40.0 Å². The topological polar surface area (TPSA) is 26.3 Å². The lowest BCUT2D eigenvalue weighted by molar-refractivity contribution is -0.154. The Morgan fingerprint density at radius 2 is 1.94 bits per heavy atom. The number of carbonyl (C=O) groups is 1. The van der Waals surface area contributed by atoms with Crippen LogP contribution in [0.15, 0.2) is 30.3 Å². The van der Waals surface area contributed by atoms with E-state index in [0.717, 1.165) is 6.42 Å². The van der Waals surface area contributed by atoms with E-state index >= 15 is 0 Å². The van der Waals surface area contributed by atoms with Gasteiger partial charge in [0.25, 0.3) is 0 Å². The van der Waals surface area contributed by atoms with E-state index in [-0.39, 0.29) is 16.8 Å². The highest BCUT2D eigenvalue weighted by atomic mass is 16.5. The van der Waals surface area contributed by atoms with Crippen LogP contribution in [-0.4, -0.2) is 12.6 Å². The number of hydrogen-bond acceptors (Lipinski definition) is 2. The molecule has 1 aromatic carbocycles. The molecule has 0 saturated heterocycles. The summed E-state index contributed by atoms with van der Waals surface area (Å²) in [6, 6.07) is 10.3. The van der Waals surface area contributed by atoms with Gasteiger partial charge in [-0.05, 0) is 24.3 Å². The second-order valence-electron chi connectivity index (χ2n) is 6.11. The van der Waals surface area contributed by atoms with Gasteiger partial charge >= 0.3 is 5.97 Å². The van der Waals surface area contributed by atoms with Gasteiger partial charge in [-0.25, -0.2) is 0 Å². The molecule has 0 amide bonds. The van der Waals surface area contributed by atoms with Crippen molar-refractivity contribution in [1.82, 2.24) is 0 Å². The van der Waals surface area contributed by atoms with Crippen molar-refractivity contribution in [3.63, 3.8) is 0 Å². The largest absolute Gasteiger partial charge is 0.466 e. The second kappa shape index (κ2) is 4.42. The number of benzene rings is 1. The Labute approximate surface area is 109 Å². The van der Waals surface area contributed by atoms with Crippen molar-refractivity contribution in [1.29, 1.82) is 0 Å². The van der Waals surface area contributed by atoms with Crippen LogP contribution in [0, 0.1) is 10.8 Å². The minimum Gasteiger partial charge on any atom is -0.466 e. The molecule has 2 atom stereocenters. The van der Waals surface area contributed by atoms with Crippen LogP contribution in [0.1, 0.15) is 45.6 Å². The Bertz CT molecular complexity index is 430. The van der Waals surface area contributed by atoms with Gasteiger partial charge in [0.2, 0.25) is 0 Å². The lowest BCUT2D eigenvalue weighted by Gasteiger charge is -2.30. The molecule has 0 aliphatic heterocycles. The van der Waals surface area contributed by atoms with Gasteiger partial charge in [-0.3, -0.25) is 4.79 Å². The lowest BCUT2D eigenvalue weighted by Crippen LogP contribution is -2.33. The number of rotatable bonds is 3. The molecule has 2 nitrogen and oxygen atoms in total. The molecule has 0 unspecified atom stereocenters. The quantitative estimate of drug-likeness (QED) is 0.759. The number of ether oxygens (including phenoxy) is 1. The van der Waals surface area contributed by atoms with E-state index in [2.05, 4.69) is 32.9 Å². The lowest BCUT2D eigenvalue weighted by atomic mass is 9.75. The third-order valence-corrected chi connectivity index (χ3v) is 4.14. The Kier molecular flexibility index (Phi) is 3.22. The zero-order valence-corrected chi connectivity index (χ0v) is 11.7. The maximum absolute atomic E-state index is 12.3. The molecule has 98 valence electrons. The van der Waals surface area contributed by atoms with Gasteiger partial charge in [0.1, 0.15) is 0 Å². The van der Waals surface area contributed by atoms with Gasteiger partial charge in [0.05, 0.1) is 12.0 Å². The molecular formula is C16H22O2. The number of esters is 1. The van der Waals surface area contributed by atoms with Gasteiger partial charge < -0.3 is 4.74 Å². The Balaban J connectivity index is 2.30. The summed E-state index contributed by atoms with van der Waals surface area (Å²) in [5.41, 5.74) is 0.838. The Morgan fingerprint density at radius 1 is 1.33 bits per heavy atom. The van der Waals surface area contributed by atoms with Crippen LogP contribution in [0.4, 0.5) is 0 Å². The summed E-state index contributed by atoms with van der Waals surface area (Å²) in [4.78, 5) is 12.3. The second-order valence-corrected chi connectivity index (χ2v) is 6.11. The van der Waals surface area contributed by atoms with Crippen LogP contribution in [0.5, 0.6) is 0 Å². The maximum atomic E-state index is 12.3. The fraction of sp³-hybridized carbons (Fsp3) is 0.562. The van der Waals surface area contributed by atoms with Gasteiger partial charge in [0, 0.05) is 5.92 Å². The van der Waals surface area contributed by atoms with E-state index in [0.29, 0.717) is 12.5 Å².